The van der Waals surface area contributed by atoms with E-state index in [0.29, 0.717) is 5.56 Å². The molecule has 2 aromatic rings. The van der Waals surface area contributed by atoms with E-state index in [1.165, 1.54) is 6.20 Å². The van der Waals surface area contributed by atoms with Crippen LogP contribution in [0.25, 0.3) is 11.1 Å². The maximum atomic E-state index is 11.8. The van der Waals surface area contributed by atoms with Crippen molar-refractivity contribution in [2.75, 3.05) is 6.61 Å². The molecule has 0 spiro atoms. The van der Waals surface area contributed by atoms with Crippen molar-refractivity contribution < 1.29 is 13.9 Å². The lowest BCUT2D eigenvalue weighted by atomic mass is 10.1. The van der Waals surface area contributed by atoms with E-state index in [1.54, 1.807) is 19.1 Å². The van der Waals surface area contributed by atoms with Crippen molar-refractivity contribution in [1.29, 1.82) is 0 Å². The zero-order chi connectivity index (χ0) is 13.7. The van der Waals surface area contributed by atoms with Crippen LogP contribution in [0.4, 0.5) is 0 Å². The number of carbonyl (C=O) groups is 1. The minimum Gasteiger partial charge on any atom is -0.466 e. The van der Waals surface area contributed by atoms with Crippen molar-refractivity contribution in [3.05, 3.63) is 52.8 Å². The first-order chi connectivity index (χ1) is 9.20. The van der Waals surface area contributed by atoms with Crippen LogP contribution in [-0.2, 0) is 16.0 Å². The number of rotatable bonds is 4. The summed E-state index contributed by atoms with van der Waals surface area (Å²) in [7, 11) is 0. The summed E-state index contributed by atoms with van der Waals surface area (Å²) >= 11 is 0. The van der Waals surface area contributed by atoms with Crippen LogP contribution in [0.15, 0.2) is 45.7 Å². The van der Waals surface area contributed by atoms with Crippen molar-refractivity contribution in [2.45, 2.75) is 13.3 Å². The fourth-order valence-corrected chi connectivity index (χ4v) is 1.60. The Morgan fingerprint density at radius 3 is 2.68 bits per heavy atom. The van der Waals surface area contributed by atoms with Crippen molar-refractivity contribution in [1.82, 2.24) is 4.98 Å². The Morgan fingerprint density at radius 2 is 2.05 bits per heavy atom. The highest BCUT2D eigenvalue weighted by Crippen LogP contribution is 2.13. The maximum absolute atomic E-state index is 11.8. The second-order valence-corrected chi connectivity index (χ2v) is 3.80. The number of hydrogen-bond donors (Lipinski definition) is 0. The molecule has 5 nitrogen and oxygen atoms in total. The molecule has 1 aromatic carbocycles. The monoisotopic (exact) mass is 259 g/mol. The predicted molar refractivity (Wildman–Crippen MR) is 68.5 cm³/mol. The molecule has 0 fully saturated rings. The minimum atomic E-state index is -0.513. The highest BCUT2D eigenvalue weighted by atomic mass is 16.5. The Balaban J connectivity index is 2.23. The lowest BCUT2D eigenvalue weighted by Gasteiger charge is -2.02. The molecule has 0 N–H and O–H groups in total. The van der Waals surface area contributed by atoms with Gasteiger partial charge in [-0.3, -0.25) is 4.79 Å². The van der Waals surface area contributed by atoms with Gasteiger partial charge in [0, 0.05) is 6.20 Å². The fourth-order valence-electron chi connectivity index (χ4n) is 1.60. The molecule has 0 aliphatic carbocycles. The van der Waals surface area contributed by atoms with E-state index in [0.717, 1.165) is 5.56 Å². The Bertz CT molecular complexity index is 619. The summed E-state index contributed by atoms with van der Waals surface area (Å²) in [6.45, 7) is 1.99. The lowest BCUT2D eigenvalue weighted by molar-refractivity contribution is -0.142. The molecule has 0 aliphatic rings. The molecule has 5 heteroatoms. The van der Waals surface area contributed by atoms with E-state index in [-0.39, 0.29) is 18.9 Å². The number of hydrogen-bond acceptors (Lipinski definition) is 5. The van der Waals surface area contributed by atoms with Gasteiger partial charge in [0.2, 0.25) is 5.89 Å². The number of nitrogens with zero attached hydrogens (tertiary/aromatic N) is 1. The molecule has 0 amide bonds. The first-order valence-corrected chi connectivity index (χ1v) is 5.90. The highest BCUT2D eigenvalue weighted by Gasteiger charge is 2.11. The number of ether oxygens (including phenoxy) is 1. The lowest BCUT2D eigenvalue weighted by Crippen LogP contribution is -2.12. The zero-order valence-corrected chi connectivity index (χ0v) is 10.5. The molecule has 0 atom stereocenters. The van der Waals surface area contributed by atoms with Crippen LogP contribution in [0.2, 0.25) is 0 Å². The number of esters is 1. The first kappa shape index (κ1) is 13.0. The molecular weight excluding hydrogens is 246 g/mol. The van der Waals surface area contributed by atoms with Gasteiger partial charge >= 0.3 is 11.6 Å². The van der Waals surface area contributed by atoms with Gasteiger partial charge in [-0.1, -0.05) is 30.3 Å². The summed E-state index contributed by atoms with van der Waals surface area (Å²) < 4.78 is 9.77. The Morgan fingerprint density at radius 1 is 1.32 bits per heavy atom. The van der Waals surface area contributed by atoms with Crippen molar-refractivity contribution in [2.24, 2.45) is 0 Å². The van der Waals surface area contributed by atoms with Crippen molar-refractivity contribution >= 4 is 5.97 Å². The molecule has 19 heavy (non-hydrogen) atoms. The molecule has 0 bridgehead atoms. The summed E-state index contributed by atoms with van der Waals surface area (Å²) in [5.41, 5.74) is 0.583. The van der Waals surface area contributed by atoms with Crippen LogP contribution in [0, 0.1) is 0 Å². The molecule has 0 saturated carbocycles. The van der Waals surface area contributed by atoms with E-state index in [9.17, 15) is 9.59 Å². The molecule has 2 rings (SSSR count). The Kier molecular flexibility index (Phi) is 4.07. The van der Waals surface area contributed by atoms with Gasteiger partial charge in [-0.05, 0) is 12.5 Å². The van der Waals surface area contributed by atoms with Crippen LogP contribution in [0.3, 0.4) is 0 Å². The third-order valence-corrected chi connectivity index (χ3v) is 2.45. The van der Waals surface area contributed by atoms with E-state index in [1.807, 2.05) is 18.2 Å². The van der Waals surface area contributed by atoms with Crippen LogP contribution in [0.1, 0.15) is 12.8 Å². The van der Waals surface area contributed by atoms with Gasteiger partial charge < -0.3 is 9.15 Å². The Hall–Kier alpha value is -2.43. The second-order valence-electron chi connectivity index (χ2n) is 3.80. The minimum absolute atomic E-state index is 0.0585. The van der Waals surface area contributed by atoms with E-state index < -0.39 is 11.6 Å². The van der Waals surface area contributed by atoms with Gasteiger partial charge in [-0.15, -0.1) is 0 Å². The molecular formula is C14H13NO4. The van der Waals surface area contributed by atoms with Crippen LogP contribution in [-0.4, -0.2) is 17.6 Å². The highest BCUT2D eigenvalue weighted by molar-refractivity contribution is 5.71. The third kappa shape index (κ3) is 3.28. The van der Waals surface area contributed by atoms with Gasteiger partial charge in [0.25, 0.3) is 0 Å². The maximum Gasteiger partial charge on any atom is 0.346 e. The summed E-state index contributed by atoms with van der Waals surface area (Å²) in [5, 5.41) is 0. The summed E-state index contributed by atoms with van der Waals surface area (Å²) in [6, 6.07) is 9.08. The molecule has 98 valence electrons. The van der Waals surface area contributed by atoms with Crippen LogP contribution >= 0.6 is 0 Å². The Labute approximate surface area is 109 Å². The van der Waals surface area contributed by atoms with E-state index in [2.05, 4.69) is 4.98 Å². The summed E-state index contributed by atoms with van der Waals surface area (Å²) in [4.78, 5) is 27.0. The van der Waals surface area contributed by atoms with Crippen LogP contribution < -0.4 is 5.63 Å². The normalized spacial score (nSPS) is 10.2. The van der Waals surface area contributed by atoms with E-state index in [4.69, 9.17) is 9.15 Å². The van der Waals surface area contributed by atoms with Gasteiger partial charge in [-0.25, -0.2) is 9.78 Å². The van der Waals surface area contributed by atoms with Crippen molar-refractivity contribution in [3.63, 3.8) is 0 Å². The topological polar surface area (TPSA) is 69.4 Å². The quantitative estimate of drug-likeness (QED) is 0.783. The molecule has 0 aliphatic heterocycles. The number of aromatic nitrogens is 1. The van der Waals surface area contributed by atoms with Gasteiger partial charge in [0.15, 0.2) is 0 Å². The molecule has 1 heterocycles. The third-order valence-electron chi connectivity index (χ3n) is 2.45. The van der Waals surface area contributed by atoms with Gasteiger partial charge in [0.1, 0.15) is 6.42 Å². The smallest absolute Gasteiger partial charge is 0.346 e. The number of benzene rings is 1. The van der Waals surface area contributed by atoms with E-state index >= 15 is 0 Å². The molecule has 0 radical (unpaired) electrons. The average molecular weight is 259 g/mol. The molecule has 1 aromatic heterocycles. The zero-order valence-electron chi connectivity index (χ0n) is 10.5. The first-order valence-electron chi connectivity index (χ1n) is 5.90. The van der Waals surface area contributed by atoms with Gasteiger partial charge in [0.05, 0.1) is 12.2 Å². The van der Waals surface area contributed by atoms with Crippen LogP contribution in [0.5, 0.6) is 0 Å². The molecule has 0 saturated heterocycles. The average Bonchev–Trinajstić information content (AvgIpc) is 2.40. The molecule has 0 unspecified atom stereocenters. The van der Waals surface area contributed by atoms with Gasteiger partial charge in [-0.2, -0.15) is 0 Å². The second kappa shape index (κ2) is 5.95. The standard InChI is InChI=1S/C14H13NO4/c1-2-18-13(16)8-12-15-9-11(14(17)19-12)10-6-4-3-5-7-10/h3-7,9H,2,8H2,1H3. The summed E-state index contributed by atoms with van der Waals surface area (Å²) in [6.07, 6.45) is 1.27. The number of carbonyl (C=O) groups excluding carboxylic acids is 1. The fraction of sp³-hybridized carbons (Fsp3) is 0.214. The summed E-state index contributed by atoms with van der Waals surface area (Å²) in [5.74, 6) is -0.409. The predicted octanol–water partition coefficient (Wildman–Crippen LogP) is 1.81. The SMILES string of the molecule is CCOC(=O)Cc1ncc(-c2ccccc2)c(=O)o1. The largest absolute Gasteiger partial charge is 0.466 e. The van der Waals surface area contributed by atoms with Crippen molar-refractivity contribution in [3.8, 4) is 11.1 Å².